The van der Waals surface area contributed by atoms with Gasteiger partial charge in [-0.25, -0.2) is 0 Å². The van der Waals surface area contributed by atoms with Crippen molar-refractivity contribution in [2.45, 2.75) is 0 Å². The van der Waals surface area contributed by atoms with Gasteiger partial charge in [-0.3, -0.25) is 9.69 Å². The number of nitrogens with zero attached hydrogens (tertiary/aromatic N) is 1. The minimum atomic E-state index is 0.539. The Morgan fingerprint density at radius 1 is 1.40 bits per heavy atom. The molecule has 20 heavy (non-hydrogen) atoms. The first kappa shape index (κ1) is 15.3. The maximum atomic E-state index is 11.0. The maximum Gasteiger partial charge on any atom is 0.176 e. The minimum absolute atomic E-state index is 0.539. The van der Waals surface area contributed by atoms with Gasteiger partial charge in [0.05, 0.1) is 24.8 Å². The monoisotopic (exact) mass is 343 g/mol. The van der Waals surface area contributed by atoms with Gasteiger partial charge in [0.15, 0.2) is 17.8 Å². The number of hydrogen-bond donors (Lipinski definition) is 0. The molecule has 1 aromatic rings. The van der Waals surface area contributed by atoms with E-state index in [1.165, 1.54) is 0 Å². The Bertz CT molecular complexity index is 461. The van der Waals surface area contributed by atoms with Gasteiger partial charge in [-0.05, 0) is 28.1 Å². The molecule has 0 radical (unpaired) electrons. The fraction of sp³-hybridized carbons (Fsp3) is 0.500. The predicted molar refractivity (Wildman–Crippen MR) is 78.8 cm³/mol. The topological polar surface area (TPSA) is 48.0 Å². The summed E-state index contributed by atoms with van der Waals surface area (Å²) >= 11 is 3.39. The third kappa shape index (κ3) is 3.71. The van der Waals surface area contributed by atoms with Crippen molar-refractivity contribution >= 4 is 22.2 Å². The van der Waals surface area contributed by atoms with Gasteiger partial charge in [-0.15, -0.1) is 0 Å². The lowest BCUT2D eigenvalue weighted by Crippen LogP contribution is -2.38. The van der Waals surface area contributed by atoms with E-state index in [4.69, 9.17) is 14.2 Å². The van der Waals surface area contributed by atoms with Crippen LogP contribution in [0.25, 0.3) is 0 Å². The normalized spacial score (nSPS) is 15.9. The molecule has 6 heteroatoms. The number of carbonyl (C=O) groups excluding carboxylic acids is 1. The third-order valence-electron chi connectivity index (χ3n) is 3.20. The lowest BCUT2D eigenvalue weighted by atomic mass is 10.2. The highest BCUT2D eigenvalue weighted by atomic mass is 79.9. The van der Waals surface area contributed by atoms with Crippen LogP contribution in [-0.2, 0) is 4.74 Å². The summed E-state index contributed by atoms with van der Waals surface area (Å²) in [5.41, 5.74) is 0.548. The molecule has 0 unspecified atom stereocenters. The lowest BCUT2D eigenvalue weighted by Gasteiger charge is -2.26. The smallest absolute Gasteiger partial charge is 0.176 e. The molecule has 1 aliphatic heterocycles. The van der Waals surface area contributed by atoms with E-state index in [1.54, 1.807) is 19.2 Å². The Morgan fingerprint density at radius 2 is 2.15 bits per heavy atom. The predicted octanol–water partition coefficient (Wildman–Crippen LogP) is 1.98. The number of morpholine rings is 1. The van der Waals surface area contributed by atoms with Crippen LogP contribution >= 0.6 is 15.9 Å². The molecule has 2 rings (SSSR count). The molecule has 0 amide bonds. The summed E-state index contributed by atoms with van der Waals surface area (Å²) < 4.78 is 17.0. The van der Waals surface area contributed by atoms with E-state index < -0.39 is 0 Å². The molecular formula is C14H18BrNO4. The van der Waals surface area contributed by atoms with Crippen molar-refractivity contribution < 1.29 is 19.0 Å². The summed E-state index contributed by atoms with van der Waals surface area (Å²) in [7, 11) is 1.58. The fourth-order valence-electron chi connectivity index (χ4n) is 2.04. The molecule has 1 aromatic carbocycles. The number of rotatable bonds is 6. The van der Waals surface area contributed by atoms with Gasteiger partial charge in [-0.1, -0.05) is 0 Å². The Hall–Kier alpha value is -1.11. The quantitative estimate of drug-likeness (QED) is 0.739. The van der Waals surface area contributed by atoms with Crippen LogP contribution in [0.1, 0.15) is 10.4 Å². The molecule has 0 N–H and O–H groups in total. The van der Waals surface area contributed by atoms with E-state index in [-0.39, 0.29) is 0 Å². The van der Waals surface area contributed by atoms with Gasteiger partial charge < -0.3 is 14.2 Å². The average Bonchev–Trinajstić information content (AvgIpc) is 2.50. The van der Waals surface area contributed by atoms with E-state index >= 15 is 0 Å². The summed E-state index contributed by atoms with van der Waals surface area (Å²) in [6, 6.07) is 3.43. The SMILES string of the molecule is COc1ccc(C=O)c(Br)c1OCCN1CCOCC1. The van der Waals surface area contributed by atoms with Crippen molar-refractivity contribution in [1.82, 2.24) is 4.90 Å². The molecule has 0 aliphatic carbocycles. The highest BCUT2D eigenvalue weighted by Gasteiger charge is 2.15. The molecule has 0 bridgehead atoms. The highest BCUT2D eigenvalue weighted by Crippen LogP contribution is 2.37. The zero-order valence-corrected chi connectivity index (χ0v) is 13.0. The van der Waals surface area contributed by atoms with Crippen LogP contribution in [0.2, 0.25) is 0 Å². The molecule has 1 heterocycles. The molecule has 5 nitrogen and oxygen atoms in total. The highest BCUT2D eigenvalue weighted by molar-refractivity contribution is 9.10. The van der Waals surface area contributed by atoms with E-state index in [2.05, 4.69) is 20.8 Å². The van der Waals surface area contributed by atoms with Crippen LogP contribution in [0.4, 0.5) is 0 Å². The second-order valence-corrected chi connectivity index (χ2v) is 5.21. The Kier molecular flexibility index (Phi) is 5.82. The Morgan fingerprint density at radius 3 is 2.80 bits per heavy atom. The van der Waals surface area contributed by atoms with Crippen LogP contribution in [0.15, 0.2) is 16.6 Å². The van der Waals surface area contributed by atoms with Crippen LogP contribution in [0, 0.1) is 0 Å². The molecule has 0 spiro atoms. The van der Waals surface area contributed by atoms with Gasteiger partial charge in [0.25, 0.3) is 0 Å². The number of hydrogen-bond acceptors (Lipinski definition) is 5. The van der Waals surface area contributed by atoms with Gasteiger partial charge in [0.1, 0.15) is 6.61 Å². The van der Waals surface area contributed by atoms with Gasteiger partial charge in [0, 0.05) is 25.2 Å². The van der Waals surface area contributed by atoms with Crippen molar-refractivity contribution in [2.75, 3.05) is 46.6 Å². The summed E-state index contributed by atoms with van der Waals surface area (Å²) in [6.07, 6.45) is 0.790. The minimum Gasteiger partial charge on any atom is -0.493 e. The summed E-state index contributed by atoms with van der Waals surface area (Å²) in [4.78, 5) is 13.2. The summed E-state index contributed by atoms with van der Waals surface area (Å²) in [6.45, 7) is 4.76. The van der Waals surface area contributed by atoms with Crippen LogP contribution in [-0.4, -0.2) is 57.8 Å². The third-order valence-corrected chi connectivity index (χ3v) is 4.01. The van der Waals surface area contributed by atoms with Gasteiger partial charge in [0.2, 0.25) is 0 Å². The van der Waals surface area contributed by atoms with Crippen LogP contribution in [0.3, 0.4) is 0 Å². The second-order valence-electron chi connectivity index (χ2n) is 4.42. The molecule has 0 saturated carbocycles. The van der Waals surface area contributed by atoms with Crippen LogP contribution in [0.5, 0.6) is 11.5 Å². The second kappa shape index (κ2) is 7.61. The van der Waals surface area contributed by atoms with Crippen molar-refractivity contribution in [3.8, 4) is 11.5 Å². The number of methoxy groups -OCH3 is 1. The maximum absolute atomic E-state index is 11.0. The zero-order chi connectivity index (χ0) is 14.4. The van der Waals surface area contributed by atoms with E-state index in [1.807, 2.05) is 0 Å². The Labute approximate surface area is 126 Å². The molecule has 1 fully saturated rings. The number of carbonyl (C=O) groups is 1. The van der Waals surface area contributed by atoms with Crippen LogP contribution < -0.4 is 9.47 Å². The van der Waals surface area contributed by atoms with E-state index in [0.29, 0.717) is 28.1 Å². The van der Waals surface area contributed by atoms with Crippen molar-refractivity contribution in [2.24, 2.45) is 0 Å². The molecule has 110 valence electrons. The summed E-state index contributed by atoms with van der Waals surface area (Å²) in [5.74, 6) is 1.19. The van der Waals surface area contributed by atoms with Crippen molar-refractivity contribution in [3.63, 3.8) is 0 Å². The van der Waals surface area contributed by atoms with Gasteiger partial charge >= 0.3 is 0 Å². The first-order valence-corrected chi connectivity index (χ1v) is 7.30. The number of benzene rings is 1. The number of aldehydes is 1. The average molecular weight is 344 g/mol. The lowest BCUT2D eigenvalue weighted by molar-refractivity contribution is 0.0320. The molecule has 1 aliphatic rings. The first-order chi connectivity index (χ1) is 9.76. The Balaban J connectivity index is 1.98. The first-order valence-electron chi connectivity index (χ1n) is 6.51. The van der Waals surface area contributed by atoms with Crippen molar-refractivity contribution in [3.05, 3.63) is 22.2 Å². The van der Waals surface area contributed by atoms with Gasteiger partial charge in [-0.2, -0.15) is 0 Å². The van der Waals surface area contributed by atoms with E-state index in [9.17, 15) is 4.79 Å². The largest absolute Gasteiger partial charge is 0.493 e. The molecular weight excluding hydrogens is 326 g/mol. The summed E-state index contributed by atoms with van der Waals surface area (Å²) in [5, 5.41) is 0. The fourth-order valence-corrected chi connectivity index (χ4v) is 2.58. The standard InChI is InChI=1S/C14H18BrNO4/c1-18-12-3-2-11(10-17)13(15)14(12)20-9-6-16-4-7-19-8-5-16/h2-3,10H,4-9H2,1H3. The zero-order valence-electron chi connectivity index (χ0n) is 11.4. The molecule has 0 aromatic heterocycles. The van der Waals surface area contributed by atoms with E-state index in [0.717, 1.165) is 39.1 Å². The molecule has 0 atom stereocenters. The van der Waals surface area contributed by atoms with Crippen molar-refractivity contribution in [1.29, 1.82) is 0 Å². The molecule has 1 saturated heterocycles. The number of halogens is 1. The number of ether oxygens (including phenoxy) is 3.